The highest BCUT2D eigenvalue weighted by molar-refractivity contribution is 5.95. The molecule has 6 heteroatoms. The van der Waals surface area contributed by atoms with Gasteiger partial charge in [-0.2, -0.15) is 0 Å². The predicted octanol–water partition coefficient (Wildman–Crippen LogP) is 2.89. The van der Waals surface area contributed by atoms with Gasteiger partial charge >= 0.3 is 0 Å². The molecule has 1 atom stereocenters. The molecule has 3 heterocycles. The molecule has 0 saturated carbocycles. The summed E-state index contributed by atoms with van der Waals surface area (Å²) in [4.78, 5) is 28.4. The molecule has 2 saturated heterocycles. The van der Waals surface area contributed by atoms with Crippen LogP contribution in [0.5, 0.6) is 0 Å². The average molecular weight is 404 g/mol. The van der Waals surface area contributed by atoms with Crippen LogP contribution in [0.25, 0.3) is 0 Å². The first kappa shape index (κ1) is 22.0. The molecule has 0 aliphatic carbocycles. The molecule has 0 unspecified atom stereocenters. The molecule has 6 nitrogen and oxygen atoms in total. The lowest BCUT2D eigenvalue weighted by molar-refractivity contribution is -0.0615. The number of rotatable bonds is 6. The second-order valence-corrected chi connectivity index (χ2v) is 9.15. The third kappa shape index (κ3) is 5.48. The maximum absolute atomic E-state index is 13.1. The largest absolute Gasteiger partial charge is 0.375 e. The minimum atomic E-state index is -0.244. The van der Waals surface area contributed by atoms with E-state index in [2.05, 4.69) is 14.8 Å². The fourth-order valence-corrected chi connectivity index (χ4v) is 4.79. The van der Waals surface area contributed by atoms with E-state index in [0.717, 1.165) is 50.4 Å². The Hall–Kier alpha value is -1.66. The van der Waals surface area contributed by atoms with Crippen molar-refractivity contribution >= 4 is 5.91 Å². The molecule has 2 aliphatic heterocycles. The number of aromatic nitrogens is 1. The molecule has 162 valence electrons. The Kier molecular flexibility index (Phi) is 7.17. The van der Waals surface area contributed by atoms with E-state index in [0.29, 0.717) is 18.6 Å². The summed E-state index contributed by atoms with van der Waals surface area (Å²) < 4.78 is 7.93. The normalized spacial score (nSPS) is 22.4. The summed E-state index contributed by atoms with van der Waals surface area (Å²) in [6, 6.07) is 1.66. The van der Waals surface area contributed by atoms with Gasteiger partial charge in [0.1, 0.15) is 5.56 Å². The molecule has 2 aliphatic rings. The molecule has 0 bridgehead atoms. The number of likely N-dealkylation sites (tertiary alicyclic amines) is 1. The van der Waals surface area contributed by atoms with Gasteiger partial charge in [0.15, 0.2) is 5.43 Å². The number of nitrogens with one attached hydrogen (secondary N) is 1. The standard InChI is InChI=1S/C23H37N3O3/c1-5-19-21(22(28)24-18-9-14-29-23(3,4)16-18)20(27)15-17(2)26(19)13-12-25-10-7-6-8-11-25/h15,18H,5-14,16H2,1-4H3,(H,24,28)/t18-/m0/s1. The Bertz CT molecular complexity index is 778. The highest BCUT2D eigenvalue weighted by Crippen LogP contribution is 2.24. The first-order valence-electron chi connectivity index (χ1n) is 11.2. The lowest BCUT2D eigenvalue weighted by Gasteiger charge is -2.36. The third-order valence-corrected chi connectivity index (χ3v) is 6.31. The summed E-state index contributed by atoms with van der Waals surface area (Å²) in [6.07, 6.45) is 6.05. The maximum Gasteiger partial charge on any atom is 0.257 e. The highest BCUT2D eigenvalue weighted by atomic mass is 16.5. The summed E-state index contributed by atoms with van der Waals surface area (Å²) in [7, 11) is 0. The van der Waals surface area contributed by atoms with Gasteiger partial charge in [-0.15, -0.1) is 0 Å². The van der Waals surface area contributed by atoms with Gasteiger partial charge in [-0.3, -0.25) is 9.59 Å². The summed E-state index contributed by atoms with van der Waals surface area (Å²) in [5, 5.41) is 3.12. The Labute approximate surface area is 174 Å². The van der Waals surface area contributed by atoms with Crippen molar-refractivity contribution in [2.45, 2.75) is 84.4 Å². The van der Waals surface area contributed by atoms with Crippen LogP contribution in [0.2, 0.25) is 0 Å². The van der Waals surface area contributed by atoms with Crippen LogP contribution in [0.1, 0.15) is 74.6 Å². The fourth-order valence-electron chi connectivity index (χ4n) is 4.79. The predicted molar refractivity (Wildman–Crippen MR) is 116 cm³/mol. The van der Waals surface area contributed by atoms with Crippen molar-refractivity contribution in [3.05, 3.63) is 33.2 Å². The fraction of sp³-hybridized carbons (Fsp3) is 0.739. The van der Waals surface area contributed by atoms with Gasteiger partial charge in [0.2, 0.25) is 0 Å². The molecule has 1 aromatic rings. The Morgan fingerprint density at radius 2 is 1.97 bits per heavy atom. The summed E-state index contributed by atoms with van der Waals surface area (Å²) in [5.41, 5.74) is 1.70. The van der Waals surface area contributed by atoms with E-state index >= 15 is 0 Å². The molecule has 1 aromatic heterocycles. The molecule has 3 rings (SSSR count). The second kappa shape index (κ2) is 9.43. The van der Waals surface area contributed by atoms with Gasteiger partial charge in [0, 0.05) is 43.2 Å². The zero-order valence-corrected chi connectivity index (χ0v) is 18.6. The number of hydrogen-bond acceptors (Lipinski definition) is 4. The summed E-state index contributed by atoms with van der Waals surface area (Å²) >= 11 is 0. The van der Waals surface area contributed by atoms with E-state index in [1.165, 1.54) is 19.3 Å². The number of pyridine rings is 1. The molecule has 0 radical (unpaired) electrons. The molecule has 2 fully saturated rings. The second-order valence-electron chi connectivity index (χ2n) is 9.15. The molecule has 29 heavy (non-hydrogen) atoms. The van der Waals surface area contributed by atoms with Crippen LogP contribution in [0.15, 0.2) is 10.9 Å². The number of hydrogen-bond donors (Lipinski definition) is 1. The van der Waals surface area contributed by atoms with Gasteiger partial charge in [-0.25, -0.2) is 0 Å². The van der Waals surface area contributed by atoms with Crippen LogP contribution in [0.4, 0.5) is 0 Å². The number of nitrogens with zero attached hydrogens (tertiary/aromatic N) is 2. The zero-order chi connectivity index (χ0) is 21.0. The molecular formula is C23H37N3O3. The van der Waals surface area contributed by atoms with Gasteiger partial charge < -0.3 is 19.5 Å². The molecular weight excluding hydrogens is 366 g/mol. The number of carbonyl (C=O) groups excluding carboxylic acids is 1. The van der Waals surface area contributed by atoms with Crippen LogP contribution < -0.4 is 10.7 Å². The van der Waals surface area contributed by atoms with Crippen molar-refractivity contribution in [2.24, 2.45) is 0 Å². The smallest absolute Gasteiger partial charge is 0.257 e. The first-order valence-corrected chi connectivity index (χ1v) is 11.2. The van der Waals surface area contributed by atoms with Crippen molar-refractivity contribution < 1.29 is 9.53 Å². The van der Waals surface area contributed by atoms with Crippen LogP contribution in [-0.4, -0.2) is 53.3 Å². The average Bonchev–Trinajstić information content (AvgIpc) is 2.66. The van der Waals surface area contributed by atoms with E-state index in [4.69, 9.17) is 4.74 Å². The molecule has 1 N–H and O–H groups in total. The number of ether oxygens (including phenoxy) is 1. The van der Waals surface area contributed by atoms with Crippen molar-refractivity contribution in [2.75, 3.05) is 26.2 Å². The van der Waals surface area contributed by atoms with E-state index in [9.17, 15) is 9.59 Å². The van der Waals surface area contributed by atoms with Gasteiger partial charge in [0.25, 0.3) is 5.91 Å². The lowest BCUT2D eigenvalue weighted by Crippen LogP contribution is -2.47. The monoisotopic (exact) mass is 403 g/mol. The number of amides is 1. The highest BCUT2D eigenvalue weighted by Gasteiger charge is 2.31. The lowest BCUT2D eigenvalue weighted by atomic mass is 9.93. The van der Waals surface area contributed by atoms with E-state index in [1.54, 1.807) is 6.07 Å². The van der Waals surface area contributed by atoms with Crippen LogP contribution in [0, 0.1) is 6.92 Å². The molecule has 1 amide bonds. The van der Waals surface area contributed by atoms with Crippen molar-refractivity contribution in [1.82, 2.24) is 14.8 Å². The van der Waals surface area contributed by atoms with Crippen LogP contribution in [0.3, 0.4) is 0 Å². The number of piperidine rings is 1. The molecule has 0 spiro atoms. The van der Waals surface area contributed by atoms with E-state index in [-0.39, 0.29) is 23.0 Å². The first-order chi connectivity index (χ1) is 13.8. The minimum Gasteiger partial charge on any atom is -0.375 e. The molecule has 0 aromatic carbocycles. The van der Waals surface area contributed by atoms with Crippen LogP contribution in [-0.2, 0) is 17.7 Å². The van der Waals surface area contributed by atoms with Crippen molar-refractivity contribution in [3.63, 3.8) is 0 Å². The topological polar surface area (TPSA) is 63.6 Å². The van der Waals surface area contributed by atoms with E-state index < -0.39 is 0 Å². The minimum absolute atomic E-state index is 0.0402. The maximum atomic E-state index is 13.1. The summed E-state index contributed by atoms with van der Waals surface area (Å²) in [6.45, 7) is 12.8. The Morgan fingerprint density at radius 3 is 2.62 bits per heavy atom. The third-order valence-electron chi connectivity index (χ3n) is 6.31. The summed E-state index contributed by atoms with van der Waals surface area (Å²) in [5.74, 6) is -0.235. The van der Waals surface area contributed by atoms with E-state index in [1.807, 2.05) is 27.7 Å². The van der Waals surface area contributed by atoms with Gasteiger partial charge in [-0.05, 0) is 66.0 Å². The Balaban J connectivity index is 1.79. The number of carbonyl (C=O) groups is 1. The Morgan fingerprint density at radius 1 is 1.24 bits per heavy atom. The zero-order valence-electron chi connectivity index (χ0n) is 18.6. The van der Waals surface area contributed by atoms with Crippen molar-refractivity contribution in [3.8, 4) is 0 Å². The van der Waals surface area contributed by atoms with Crippen LogP contribution >= 0.6 is 0 Å². The SMILES string of the molecule is CCc1c(C(=O)N[C@H]2CCOC(C)(C)C2)c(=O)cc(C)n1CCN1CCCCC1. The van der Waals surface area contributed by atoms with Crippen molar-refractivity contribution in [1.29, 1.82) is 0 Å². The van der Waals surface area contributed by atoms with Gasteiger partial charge in [-0.1, -0.05) is 13.3 Å². The van der Waals surface area contributed by atoms with Gasteiger partial charge in [0.05, 0.1) is 5.60 Å². The quantitative estimate of drug-likeness (QED) is 0.793. The number of aryl methyl sites for hydroxylation is 1.